The SMILES string of the molecule is CCN(CC)CCN(Cc1cccs1)C(=O)CNC(=O)CN. The largest absolute Gasteiger partial charge is 0.346 e. The summed E-state index contributed by atoms with van der Waals surface area (Å²) in [6, 6.07) is 3.99. The molecule has 0 spiro atoms. The molecule has 0 aromatic carbocycles. The van der Waals surface area contributed by atoms with E-state index in [0.29, 0.717) is 13.1 Å². The van der Waals surface area contributed by atoms with E-state index in [1.807, 2.05) is 17.5 Å². The molecule has 1 aromatic heterocycles. The molecular weight excluding hydrogens is 300 g/mol. The van der Waals surface area contributed by atoms with Gasteiger partial charge >= 0.3 is 0 Å². The third-order valence-corrected chi connectivity index (χ3v) is 4.34. The summed E-state index contributed by atoms with van der Waals surface area (Å²) in [6.07, 6.45) is 0. The highest BCUT2D eigenvalue weighted by Gasteiger charge is 2.16. The highest BCUT2D eigenvalue weighted by atomic mass is 32.1. The molecule has 124 valence electrons. The predicted molar refractivity (Wildman–Crippen MR) is 89.6 cm³/mol. The average Bonchev–Trinajstić information content (AvgIpc) is 3.05. The third kappa shape index (κ3) is 6.55. The van der Waals surface area contributed by atoms with Crippen LogP contribution in [0.2, 0.25) is 0 Å². The van der Waals surface area contributed by atoms with Crippen molar-refractivity contribution in [3.05, 3.63) is 22.4 Å². The van der Waals surface area contributed by atoms with Crippen LogP contribution in [0, 0.1) is 0 Å². The molecule has 0 saturated heterocycles. The first-order valence-corrected chi connectivity index (χ1v) is 8.47. The number of amides is 2. The van der Waals surface area contributed by atoms with E-state index >= 15 is 0 Å². The summed E-state index contributed by atoms with van der Waals surface area (Å²) >= 11 is 1.63. The van der Waals surface area contributed by atoms with Crippen LogP contribution in [0.4, 0.5) is 0 Å². The van der Waals surface area contributed by atoms with Gasteiger partial charge in [-0.3, -0.25) is 9.59 Å². The summed E-state index contributed by atoms with van der Waals surface area (Å²) in [7, 11) is 0. The van der Waals surface area contributed by atoms with Crippen molar-refractivity contribution in [2.24, 2.45) is 5.73 Å². The summed E-state index contributed by atoms with van der Waals surface area (Å²) in [5.41, 5.74) is 5.24. The summed E-state index contributed by atoms with van der Waals surface area (Å²) in [6.45, 7) is 8.09. The van der Waals surface area contributed by atoms with E-state index in [2.05, 4.69) is 24.1 Å². The standard InChI is InChI=1S/C15H26N4O2S/c1-3-18(4-2)7-8-19(12-13-6-5-9-22-13)15(21)11-17-14(20)10-16/h5-6,9H,3-4,7-8,10-12,16H2,1-2H3,(H,17,20). The molecular formula is C15H26N4O2S. The maximum atomic E-state index is 12.3. The Morgan fingerprint density at radius 2 is 2.00 bits per heavy atom. The van der Waals surface area contributed by atoms with Gasteiger partial charge in [-0.1, -0.05) is 19.9 Å². The van der Waals surface area contributed by atoms with Gasteiger partial charge in [0.1, 0.15) is 0 Å². The summed E-state index contributed by atoms with van der Waals surface area (Å²) < 4.78 is 0. The topological polar surface area (TPSA) is 78.7 Å². The molecule has 0 unspecified atom stereocenters. The quantitative estimate of drug-likeness (QED) is 0.656. The van der Waals surface area contributed by atoms with Crippen LogP contribution >= 0.6 is 11.3 Å². The number of hydrogen-bond acceptors (Lipinski definition) is 5. The smallest absolute Gasteiger partial charge is 0.242 e. The fourth-order valence-electron chi connectivity index (χ4n) is 2.04. The average molecular weight is 326 g/mol. The highest BCUT2D eigenvalue weighted by Crippen LogP contribution is 2.12. The Bertz CT molecular complexity index is 446. The lowest BCUT2D eigenvalue weighted by Crippen LogP contribution is -2.44. The minimum absolute atomic E-state index is 0.000339. The molecule has 0 aliphatic carbocycles. The van der Waals surface area contributed by atoms with Crippen LogP contribution in [-0.4, -0.2) is 60.9 Å². The fourth-order valence-corrected chi connectivity index (χ4v) is 2.76. The number of carbonyl (C=O) groups is 2. The normalized spacial score (nSPS) is 10.7. The van der Waals surface area contributed by atoms with Crippen LogP contribution in [0.1, 0.15) is 18.7 Å². The lowest BCUT2D eigenvalue weighted by molar-refractivity contribution is -0.133. The van der Waals surface area contributed by atoms with E-state index in [0.717, 1.165) is 24.5 Å². The Labute approximate surface area is 136 Å². The zero-order valence-corrected chi connectivity index (χ0v) is 14.2. The van der Waals surface area contributed by atoms with E-state index in [4.69, 9.17) is 5.73 Å². The van der Waals surface area contributed by atoms with Crippen molar-refractivity contribution in [2.45, 2.75) is 20.4 Å². The van der Waals surface area contributed by atoms with Gasteiger partial charge in [0.25, 0.3) is 0 Å². The summed E-state index contributed by atoms with van der Waals surface area (Å²) in [4.78, 5) is 28.7. The molecule has 0 aliphatic heterocycles. The molecule has 1 heterocycles. The molecule has 2 amide bonds. The van der Waals surface area contributed by atoms with Gasteiger partial charge in [-0.25, -0.2) is 0 Å². The number of likely N-dealkylation sites (N-methyl/N-ethyl adjacent to an activating group) is 1. The van der Waals surface area contributed by atoms with Gasteiger partial charge < -0.3 is 20.9 Å². The molecule has 0 radical (unpaired) electrons. The number of nitrogens with zero attached hydrogens (tertiary/aromatic N) is 2. The van der Waals surface area contributed by atoms with Crippen LogP contribution in [0.15, 0.2) is 17.5 Å². The Morgan fingerprint density at radius 1 is 1.27 bits per heavy atom. The second kappa shape index (κ2) is 10.3. The first-order chi connectivity index (χ1) is 10.6. The van der Waals surface area contributed by atoms with Crippen LogP contribution in [0.5, 0.6) is 0 Å². The molecule has 0 bridgehead atoms. The van der Waals surface area contributed by atoms with Crippen molar-refractivity contribution in [1.29, 1.82) is 0 Å². The van der Waals surface area contributed by atoms with Gasteiger partial charge in [0.05, 0.1) is 19.6 Å². The number of thiophene rings is 1. The van der Waals surface area contributed by atoms with E-state index in [1.54, 1.807) is 16.2 Å². The fraction of sp³-hybridized carbons (Fsp3) is 0.600. The van der Waals surface area contributed by atoms with Gasteiger partial charge in [-0.05, 0) is 24.5 Å². The van der Waals surface area contributed by atoms with Crippen molar-refractivity contribution < 1.29 is 9.59 Å². The van der Waals surface area contributed by atoms with Crippen molar-refractivity contribution in [2.75, 3.05) is 39.3 Å². The Hall–Kier alpha value is -1.44. The van der Waals surface area contributed by atoms with E-state index in [1.165, 1.54) is 0 Å². The monoisotopic (exact) mass is 326 g/mol. The van der Waals surface area contributed by atoms with Crippen LogP contribution in [0.25, 0.3) is 0 Å². The molecule has 0 fully saturated rings. The van der Waals surface area contributed by atoms with E-state index in [9.17, 15) is 9.59 Å². The molecule has 0 aliphatic rings. The predicted octanol–water partition coefficient (Wildman–Crippen LogP) is 0.493. The number of nitrogens with two attached hydrogens (primary N) is 1. The van der Waals surface area contributed by atoms with Crippen molar-refractivity contribution in [1.82, 2.24) is 15.1 Å². The second-order valence-electron chi connectivity index (χ2n) is 4.90. The number of hydrogen-bond donors (Lipinski definition) is 2. The van der Waals surface area contributed by atoms with Crippen LogP contribution in [-0.2, 0) is 16.1 Å². The number of carbonyl (C=O) groups excluding carboxylic acids is 2. The zero-order chi connectivity index (χ0) is 16.4. The molecule has 22 heavy (non-hydrogen) atoms. The number of nitrogens with one attached hydrogen (secondary N) is 1. The molecule has 0 saturated carbocycles. The van der Waals surface area contributed by atoms with Gasteiger partial charge in [-0.2, -0.15) is 0 Å². The van der Waals surface area contributed by atoms with Gasteiger partial charge in [-0.15, -0.1) is 11.3 Å². The molecule has 3 N–H and O–H groups in total. The molecule has 6 nitrogen and oxygen atoms in total. The minimum Gasteiger partial charge on any atom is -0.346 e. The summed E-state index contributed by atoms with van der Waals surface area (Å²) in [5, 5.41) is 4.54. The summed E-state index contributed by atoms with van der Waals surface area (Å²) in [5.74, 6) is -0.393. The molecule has 7 heteroatoms. The Morgan fingerprint density at radius 3 is 2.55 bits per heavy atom. The van der Waals surface area contributed by atoms with Crippen molar-refractivity contribution in [3.63, 3.8) is 0 Å². The van der Waals surface area contributed by atoms with Gasteiger partial charge in [0.15, 0.2) is 0 Å². The first-order valence-electron chi connectivity index (χ1n) is 7.59. The molecule has 1 rings (SSSR count). The lowest BCUT2D eigenvalue weighted by Gasteiger charge is -2.26. The second-order valence-corrected chi connectivity index (χ2v) is 5.93. The Balaban J connectivity index is 2.60. The van der Waals surface area contributed by atoms with Crippen LogP contribution in [0.3, 0.4) is 0 Å². The number of rotatable bonds is 10. The van der Waals surface area contributed by atoms with Crippen LogP contribution < -0.4 is 11.1 Å². The maximum Gasteiger partial charge on any atom is 0.242 e. The molecule has 0 atom stereocenters. The highest BCUT2D eigenvalue weighted by molar-refractivity contribution is 7.09. The van der Waals surface area contributed by atoms with Crippen molar-refractivity contribution in [3.8, 4) is 0 Å². The zero-order valence-electron chi connectivity index (χ0n) is 13.4. The van der Waals surface area contributed by atoms with E-state index < -0.39 is 0 Å². The lowest BCUT2D eigenvalue weighted by atomic mass is 10.3. The van der Waals surface area contributed by atoms with E-state index in [-0.39, 0.29) is 24.9 Å². The minimum atomic E-state index is -0.312. The maximum absolute atomic E-state index is 12.3. The third-order valence-electron chi connectivity index (χ3n) is 3.48. The first kappa shape index (κ1) is 18.6. The van der Waals surface area contributed by atoms with Gasteiger partial charge in [0, 0.05) is 18.0 Å². The molecule has 1 aromatic rings. The van der Waals surface area contributed by atoms with Crippen molar-refractivity contribution >= 4 is 23.2 Å². The Kier molecular flexibility index (Phi) is 8.72. The van der Waals surface area contributed by atoms with Gasteiger partial charge in [0.2, 0.25) is 11.8 Å².